The lowest BCUT2D eigenvalue weighted by Crippen LogP contribution is -2.12. The Kier molecular flexibility index (Phi) is 7.27. The van der Waals surface area contributed by atoms with Gasteiger partial charge in [-0.15, -0.1) is 0 Å². The highest BCUT2D eigenvalue weighted by Gasteiger charge is 2.29. The van der Waals surface area contributed by atoms with Crippen LogP contribution in [0.4, 0.5) is 0 Å². The fourth-order valence-corrected chi connectivity index (χ4v) is 7.74. The van der Waals surface area contributed by atoms with Gasteiger partial charge in [-0.2, -0.15) is 0 Å². The maximum atomic E-state index is 12.2. The van der Waals surface area contributed by atoms with Gasteiger partial charge in [0.25, 0.3) is 0 Å². The lowest BCUT2D eigenvalue weighted by molar-refractivity contribution is 0.0697. The van der Waals surface area contributed by atoms with E-state index in [0.29, 0.717) is 57.0 Å². The molecule has 55 heavy (non-hydrogen) atoms. The Balaban J connectivity index is 1.51. The molecule has 9 rings (SSSR count). The molecule has 2 aliphatic rings. The average molecular weight is 727 g/mol. The number of aromatic nitrogens is 8. The molecule has 0 radical (unpaired) electrons. The molecule has 0 fully saturated rings. The monoisotopic (exact) mass is 726 g/mol. The SMILES string of the molecule is CC(C)(C)c1ccc2c3nc4nc(nc5[nH]c(nc6nc(nc([nH]3)c2c1)-c1c-6cccc1C(C)(C)C)c1cccc(C(C)(C)C)c51)-c1ccc(C(=O)O)cc1-4. The van der Waals surface area contributed by atoms with Crippen molar-refractivity contribution in [1.82, 2.24) is 39.9 Å². The third kappa shape index (κ3) is 5.58. The van der Waals surface area contributed by atoms with Gasteiger partial charge in [0.05, 0.1) is 5.56 Å². The molecule has 3 N–H and O–H groups in total. The second-order valence-electron chi connectivity index (χ2n) is 17.6. The number of aromatic carboxylic acids is 1. The van der Waals surface area contributed by atoms with Crippen LogP contribution in [0.25, 0.3) is 89.7 Å². The summed E-state index contributed by atoms with van der Waals surface area (Å²) in [6, 6.07) is 23.8. The summed E-state index contributed by atoms with van der Waals surface area (Å²) in [6.45, 7) is 19.7. The number of H-pyrrole nitrogens is 2. The Morgan fingerprint density at radius 1 is 0.509 bits per heavy atom. The molecule has 0 amide bonds. The minimum atomic E-state index is -1.04. The number of nitrogens with zero attached hydrogens (tertiary/aromatic N) is 6. The van der Waals surface area contributed by atoms with Gasteiger partial charge in [0.15, 0.2) is 23.3 Å². The molecular weight excluding hydrogens is 685 g/mol. The van der Waals surface area contributed by atoms with Crippen LogP contribution in [0.15, 0.2) is 72.8 Å². The summed E-state index contributed by atoms with van der Waals surface area (Å²) in [5, 5.41) is 13.6. The van der Waals surface area contributed by atoms with Gasteiger partial charge in [-0.3, -0.25) is 0 Å². The highest BCUT2D eigenvalue weighted by Crippen LogP contribution is 2.43. The summed E-state index contributed by atoms with van der Waals surface area (Å²) < 4.78 is 0. The zero-order valence-corrected chi connectivity index (χ0v) is 32.5. The topological polar surface area (TPSA) is 146 Å². The zero-order valence-electron chi connectivity index (χ0n) is 32.5. The molecule has 7 aromatic rings. The highest BCUT2D eigenvalue weighted by molar-refractivity contribution is 6.08. The number of fused-ring (bicyclic) bond motifs is 20. The predicted octanol–water partition coefficient (Wildman–Crippen LogP) is 10.5. The van der Waals surface area contributed by atoms with Crippen LogP contribution in [0.5, 0.6) is 0 Å². The van der Waals surface area contributed by atoms with Crippen molar-refractivity contribution in [1.29, 1.82) is 0 Å². The molecule has 3 aromatic heterocycles. The molecule has 0 unspecified atom stereocenters. The van der Waals surface area contributed by atoms with E-state index in [2.05, 4.69) is 127 Å². The van der Waals surface area contributed by atoms with Gasteiger partial charge < -0.3 is 15.1 Å². The number of carboxylic acids is 1. The van der Waals surface area contributed by atoms with Crippen molar-refractivity contribution in [2.45, 2.75) is 78.6 Å². The number of hydrogen-bond donors (Lipinski definition) is 3. The minimum Gasteiger partial charge on any atom is -0.478 e. The summed E-state index contributed by atoms with van der Waals surface area (Å²) in [5.41, 5.74) is 8.41. The molecule has 8 bridgehead atoms. The zero-order chi connectivity index (χ0) is 38.8. The van der Waals surface area contributed by atoms with Gasteiger partial charge >= 0.3 is 5.97 Å². The summed E-state index contributed by atoms with van der Waals surface area (Å²) in [6.07, 6.45) is 0. The number of carboxylic acid groups (broad SMARTS) is 1. The molecule has 10 heteroatoms. The van der Waals surface area contributed by atoms with E-state index in [1.54, 1.807) is 18.2 Å². The molecule has 274 valence electrons. The van der Waals surface area contributed by atoms with Crippen LogP contribution in [-0.4, -0.2) is 50.9 Å². The number of nitrogens with one attached hydrogen (secondary N) is 2. The first kappa shape index (κ1) is 34.5. The van der Waals surface area contributed by atoms with Crippen molar-refractivity contribution in [3.8, 4) is 45.6 Å². The third-order valence-corrected chi connectivity index (χ3v) is 10.6. The van der Waals surface area contributed by atoms with Gasteiger partial charge in [-0.25, -0.2) is 34.7 Å². The van der Waals surface area contributed by atoms with Crippen LogP contribution in [0, 0.1) is 0 Å². The lowest BCUT2D eigenvalue weighted by Gasteiger charge is -2.22. The first-order chi connectivity index (χ1) is 26.0. The van der Waals surface area contributed by atoms with E-state index in [-0.39, 0.29) is 21.8 Å². The van der Waals surface area contributed by atoms with E-state index >= 15 is 0 Å². The van der Waals surface area contributed by atoms with Gasteiger partial charge in [-0.05, 0) is 57.2 Å². The average Bonchev–Trinajstić information content (AvgIpc) is 3.85. The Bertz CT molecular complexity index is 2970. The lowest BCUT2D eigenvalue weighted by atomic mass is 9.82. The van der Waals surface area contributed by atoms with E-state index in [1.807, 2.05) is 0 Å². The van der Waals surface area contributed by atoms with Gasteiger partial charge in [-0.1, -0.05) is 111 Å². The van der Waals surface area contributed by atoms with Crippen molar-refractivity contribution < 1.29 is 9.90 Å². The number of carbonyl (C=O) groups is 1. The number of rotatable bonds is 1. The van der Waals surface area contributed by atoms with Gasteiger partial charge in [0, 0.05) is 43.8 Å². The van der Waals surface area contributed by atoms with Crippen molar-refractivity contribution >= 4 is 50.1 Å². The van der Waals surface area contributed by atoms with Crippen LogP contribution in [0.1, 0.15) is 89.4 Å². The van der Waals surface area contributed by atoms with E-state index < -0.39 is 5.97 Å². The molecule has 2 aliphatic heterocycles. The second kappa shape index (κ2) is 11.6. The normalized spacial score (nSPS) is 13.0. The molecule has 0 spiro atoms. The maximum Gasteiger partial charge on any atom is 0.335 e. The Morgan fingerprint density at radius 2 is 1.09 bits per heavy atom. The van der Waals surface area contributed by atoms with E-state index in [9.17, 15) is 9.90 Å². The Morgan fingerprint density at radius 3 is 1.80 bits per heavy atom. The summed E-state index contributed by atoms with van der Waals surface area (Å²) in [5.74, 6) is 0.847. The van der Waals surface area contributed by atoms with Crippen LogP contribution >= 0.6 is 0 Å². The minimum absolute atomic E-state index is 0.122. The number of benzene rings is 4. The number of hydrogen-bond acceptors (Lipinski definition) is 7. The molecule has 10 nitrogen and oxygen atoms in total. The second-order valence-corrected chi connectivity index (χ2v) is 17.6. The molecule has 5 heterocycles. The summed E-state index contributed by atoms with van der Waals surface area (Å²) in [4.78, 5) is 50.4. The van der Waals surface area contributed by atoms with Crippen molar-refractivity contribution in [2.24, 2.45) is 0 Å². The summed E-state index contributed by atoms with van der Waals surface area (Å²) in [7, 11) is 0. The fraction of sp³-hybridized carbons (Fsp3) is 0.267. The Labute approximate surface area is 318 Å². The number of aromatic amines is 2. The van der Waals surface area contributed by atoms with Gasteiger partial charge in [0.1, 0.15) is 22.6 Å². The third-order valence-electron chi connectivity index (χ3n) is 10.6. The quantitative estimate of drug-likeness (QED) is 0.151. The first-order valence-corrected chi connectivity index (χ1v) is 18.6. The van der Waals surface area contributed by atoms with Crippen molar-refractivity contribution in [2.75, 3.05) is 0 Å². The Hall–Kier alpha value is -6.29. The van der Waals surface area contributed by atoms with E-state index in [4.69, 9.17) is 29.9 Å². The molecule has 0 atom stereocenters. The van der Waals surface area contributed by atoms with Crippen LogP contribution in [0.2, 0.25) is 0 Å². The van der Waals surface area contributed by atoms with Crippen molar-refractivity contribution in [3.05, 3.63) is 95.1 Å². The molecule has 4 aromatic carbocycles. The maximum absolute atomic E-state index is 12.2. The smallest absolute Gasteiger partial charge is 0.335 e. The predicted molar refractivity (Wildman–Crippen MR) is 219 cm³/mol. The molecule has 0 aliphatic carbocycles. The molecular formula is C45H42N8O2. The van der Waals surface area contributed by atoms with Crippen molar-refractivity contribution in [3.63, 3.8) is 0 Å². The summed E-state index contributed by atoms with van der Waals surface area (Å²) >= 11 is 0. The molecule has 0 saturated carbocycles. The fourth-order valence-electron chi connectivity index (χ4n) is 7.74. The van der Waals surface area contributed by atoms with Crippen LogP contribution < -0.4 is 0 Å². The highest BCUT2D eigenvalue weighted by atomic mass is 16.4. The standard InChI is InChI=1S/C45H42N8O2/c1-43(2,3)23-17-19-25-29(21-23)39-47-34(25)46-38-28-20-22(42(54)55)16-18-24(28)35(48-38)50-40-32-26(12-10-14-30(32)44(4,5)6)36(51-40)49-37-27-13-11-15-31(45(7,8)9)33(27)41(52-37)53-39/h10-21H,1-9H3,(H,54,55)(H2,46,47,48,49,50,51,52,53). The van der Waals surface area contributed by atoms with E-state index in [1.165, 1.54) is 0 Å². The largest absolute Gasteiger partial charge is 0.478 e. The van der Waals surface area contributed by atoms with E-state index in [0.717, 1.165) is 49.4 Å². The van der Waals surface area contributed by atoms with Crippen LogP contribution in [0.3, 0.4) is 0 Å². The van der Waals surface area contributed by atoms with Crippen LogP contribution in [-0.2, 0) is 16.2 Å². The van der Waals surface area contributed by atoms with Gasteiger partial charge in [0.2, 0.25) is 0 Å². The molecule has 0 saturated heterocycles. The first-order valence-electron chi connectivity index (χ1n) is 18.6.